The van der Waals surface area contributed by atoms with E-state index in [0.717, 1.165) is 25.7 Å². The van der Waals surface area contributed by atoms with Gasteiger partial charge in [-0.3, -0.25) is 9.79 Å². The second-order valence-electron chi connectivity index (χ2n) is 4.59. The molecule has 0 aromatic carbocycles. The Kier molecular flexibility index (Phi) is 8.58. The van der Waals surface area contributed by atoms with Gasteiger partial charge in [0.25, 0.3) is 5.91 Å². The van der Waals surface area contributed by atoms with E-state index in [4.69, 9.17) is 0 Å². The van der Waals surface area contributed by atoms with Gasteiger partial charge in [-0.25, -0.2) is 0 Å². The quantitative estimate of drug-likeness (QED) is 0.306. The van der Waals surface area contributed by atoms with Gasteiger partial charge < -0.3 is 10.4 Å². The minimum absolute atomic E-state index is 0.0324. The maximum atomic E-state index is 12.1. The average molecular weight is 266 g/mol. The minimum atomic E-state index is -0.346. The maximum Gasteiger partial charge on any atom is 0.273 e. The Hall–Kier alpha value is -1.58. The number of aliphatic hydroxyl groups excluding tert-OH is 1. The molecule has 0 heterocycles. The highest BCUT2D eigenvalue weighted by atomic mass is 16.3. The number of nitrogens with one attached hydrogen (secondary N) is 1. The van der Waals surface area contributed by atoms with E-state index in [2.05, 4.69) is 23.8 Å². The number of unbranched alkanes of at least 4 members (excludes halogenated alkanes) is 1. The summed E-state index contributed by atoms with van der Waals surface area (Å²) in [5.74, 6) is -0.498. The zero-order chi connectivity index (χ0) is 14.8. The summed E-state index contributed by atoms with van der Waals surface area (Å²) in [6.45, 7) is 11.1. The third-order valence-corrected chi connectivity index (χ3v) is 2.84. The van der Waals surface area contributed by atoms with E-state index in [1.165, 1.54) is 6.21 Å². The van der Waals surface area contributed by atoms with Crippen molar-refractivity contribution in [3.05, 3.63) is 23.6 Å². The Morgan fingerprint density at radius 3 is 2.53 bits per heavy atom. The molecule has 4 heteroatoms. The van der Waals surface area contributed by atoms with E-state index in [9.17, 15) is 9.90 Å². The van der Waals surface area contributed by atoms with Crippen molar-refractivity contribution in [3.8, 4) is 0 Å². The van der Waals surface area contributed by atoms with Gasteiger partial charge in [-0.2, -0.15) is 0 Å². The van der Waals surface area contributed by atoms with Crippen LogP contribution in [0.1, 0.15) is 53.4 Å². The van der Waals surface area contributed by atoms with Crippen LogP contribution in [0.25, 0.3) is 0 Å². The molecule has 1 unspecified atom stereocenters. The molecule has 0 bridgehead atoms. The van der Waals surface area contributed by atoms with Gasteiger partial charge >= 0.3 is 0 Å². The molecule has 0 aromatic heterocycles. The fourth-order valence-corrected chi connectivity index (χ4v) is 1.64. The number of amides is 1. The number of hydrogen-bond acceptors (Lipinski definition) is 3. The molecule has 0 aliphatic heterocycles. The zero-order valence-corrected chi connectivity index (χ0v) is 12.5. The Balaban J connectivity index is 4.92. The summed E-state index contributed by atoms with van der Waals surface area (Å²) in [4.78, 5) is 16.1. The summed E-state index contributed by atoms with van der Waals surface area (Å²) >= 11 is 0. The highest BCUT2D eigenvalue weighted by Gasteiger charge is 2.17. The van der Waals surface area contributed by atoms with Crippen LogP contribution in [-0.4, -0.2) is 23.3 Å². The summed E-state index contributed by atoms with van der Waals surface area (Å²) in [7, 11) is 0. The maximum absolute atomic E-state index is 12.1. The predicted octanol–water partition coefficient (Wildman–Crippen LogP) is 3.51. The predicted molar refractivity (Wildman–Crippen MR) is 80.4 cm³/mol. The van der Waals surface area contributed by atoms with E-state index in [1.807, 2.05) is 6.92 Å². The van der Waals surface area contributed by atoms with Crippen LogP contribution < -0.4 is 5.32 Å². The van der Waals surface area contributed by atoms with Crippen LogP contribution in [0.2, 0.25) is 0 Å². The monoisotopic (exact) mass is 266 g/mol. The van der Waals surface area contributed by atoms with Crippen molar-refractivity contribution in [2.75, 3.05) is 0 Å². The normalized spacial score (nSPS) is 14.1. The van der Waals surface area contributed by atoms with E-state index in [-0.39, 0.29) is 23.4 Å². The van der Waals surface area contributed by atoms with Crippen LogP contribution in [0.4, 0.5) is 0 Å². The van der Waals surface area contributed by atoms with Gasteiger partial charge in [-0.1, -0.05) is 33.3 Å². The van der Waals surface area contributed by atoms with Crippen molar-refractivity contribution >= 4 is 12.1 Å². The highest BCUT2D eigenvalue weighted by molar-refractivity contribution is 5.95. The van der Waals surface area contributed by atoms with Crippen LogP contribution in [-0.2, 0) is 4.79 Å². The second-order valence-corrected chi connectivity index (χ2v) is 4.59. The molecule has 4 nitrogen and oxygen atoms in total. The lowest BCUT2D eigenvalue weighted by atomic mass is 10.1. The van der Waals surface area contributed by atoms with Crippen molar-refractivity contribution in [1.82, 2.24) is 5.32 Å². The first-order chi connectivity index (χ1) is 8.97. The summed E-state index contributed by atoms with van der Waals surface area (Å²) in [5.41, 5.74) is 0.460. The number of aliphatic imine (C=N–C) groups is 1. The number of carbonyl (C=O) groups is 1. The number of carbonyl (C=O) groups excluding carboxylic acids is 1. The van der Waals surface area contributed by atoms with Crippen molar-refractivity contribution in [2.45, 2.75) is 59.4 Å². The number of rotatable bonds is 8. The van der Waals surface area contributed by atoms with Gasteiger partial charge in [0.1, 0.15) is 5.76 Å². The van der Waals surface area contributed by atoms with Gasteiger partial charge in [0.15, 0.2) is 5.70 Å². The lowest BCUT2D eigenvalue weighted by molar-refractivity contribution is -0.118. The van der Waals surface area contributed by atoms with Gasteiger partial charge in [-0.15, -0.1) is 0 Å². The Morgan fingerprint density at radius 1 is 1.47 bits per heavy atom. The lowest BCUT2D eigenvalue weighted by Crippen LogP contribution is -2.35. The molecule has 0 radical (unpaired) electrons. The first-order valence-electron chi connectivity index (χ1n) is 6.86. The fourth-order valence-electron chi connectivity index (χ4n) is 1.64. The van der Waals surface area contributed by atoms with Crippen LogP contribution >= 0.6 is 0 Å². The smallest absolute Gasteiger partial charge is 0.273 e. The van der Waals surface area contributed by atoms with Crippen LogP contribution in [0.3, 0.4) is 0 Å². The van der Waals surface area contributed by atoms with Gasteiger partial charge in [0, 0.05) is 12.3 Å². The molecule has 1 amide bonds. The average Bonchev–Trinajstić information content (AvgIpc) is 2.39. The van der Waals surface area contributed by atoms with Crippen molar-refractivity contribution < 1.29 is 9.90 Å². The SMILES string of the molecule is C=C(C)/C(O)=C(\N=C/C)C(=O)NC(CC)CCCC. The topological polar surface area (TPSA) is 61.7 Å². The highest BCUT2D eigenvalue weighted by Crippen LogP contribution is 2.13. The largest absolute Gasteiger partial charge is 0.505 e. The molecule has 0 aliphatic carbocycles. The number of allylic oxidation sites excluding steroid dienone is 1. The Bertz CT molecular complexity index is 370. The second kappa shape index (κ2) is 9.36. The van der Waals surface area contributed by atoms with Crippen molar-refractivity contribution in [3.63, 3.8) is 0 Å². The van der Waals surface area contributed by atoms with Gasteiger partial charge in [0.2, 0.25) is 0 Å². The molecular weight excluding hydrogens is 240 g/mol. The van der Waals surface area contributed by atoms with E-state index in [0.29, 0.717) is 5.57 Å². The van der Waals surface area contributed by atoms with Gasteiger partial charge in [-0.05, 0) is 32.3 Å². The lowest BCUT2D eigenvalue weighted by Gasteiger charge is -2.17. The molecule has 0 fully saturated rings. The fraction of sp³-hybridized carbons (Fsp3) is 0.600. The molecule has 0 rings (SSSR count). The third-order valence-electron chi connectivity index (χ3n) is 2.84. The molecule has 2 N–H and O–H groups in total. The number of aliphatic hydroxyl groups is 1. The summed E-state index contributed by atoms with van der Waals surface area (Å²) < 4.78 is 0. The molecule has 0 aromatic rings. The number of nitrogens with zero attached hydrogens (tertiary/aromatic N) is 1. The molecular formula is C15H26N2O2. The summed E-state index contributed by atoms with van der Waals surface area (Å²) in [6.07, 6.45) is 5.46. The molecule has 0 spiro atoms. The zero-order valence-electron chi connectivity index (χ0n) is 12.5. The minimum Gasteiger partial charge on any atom is -0.505 e. The van der Waals surface area contributed by atoms with E-state index >= 15 is 0 Å². The first-order valence-corrected chi connectivity index (χ1v) is 6.86. The third kappa shape index (κ3) is 6.22. The summed E-state index contributed by atoms with van der Waals surface area (Å²) in [5, 5.41) is 12.8. The van der Waals surface area contributed by atoms with Crippen molar-refractivity contribution in [2.24, 2.45) is 4.99 Å². The molecule has 0 saturated carbocycles. The molecule has 19 heavy (non-hydrogen) atoms. The standard InChI is InChI=1S/C15H26N2O2/c1-6-9-10-12(7-2)17-15(19)13(16-8-3)14(18)11(4)5/h8,12,18H,4,6-7,9-10H2,1-3,5H3,(H,17,19)/b14-13+,16-8-. The molecule has 0 saturated heterocycles. The molecule has 1 atom stereocenters. The van der Waals surface area contributed by atoms with Gasteiger partial charge in [0.05, 0.1) is 0 Å². The molecule has 108 valence electrons. The van der Waals surface area contributed by atoms with Crippen LogP contribution in [0.5, 0.6) is 0 Å². The molecule has 0 aliphatic rings. The Morgan fingerprint density at radius 2 is 2.11 bits per heavy atom. The van der Waals surface area contributed by atoms with E-state index < -0.39 is 0 Å². The number of hydrogen-bond donors (Lipinski definition) is 2. The summed E-state index contributed by atoms with van der Waals surface area (Å²) in [6, 6.07) is 0.118. The van der Waals surface area contributed by atoms with Crippen molar-refractivity contribution in [1.29, 1.82) is 0 Å². The van der Waals surface area contributed by atoms with Crippen LogP contribution in [0, 0.1) is 0 Å². The van der Waals surface area contributed by atoms with Crippen LogP contribution in [0.15, 0.2) is 28.6 Å². The Labute approximate surface area is 116 Å². The van der Waals surface area contributed by atoms with E-state index in [1.54, 1.807) is 13.8 Å². The first kappa shape index (κ1) is 17.4.